The number of nitrogens with two attached hydrogens (primary N) is 3. The molecule has 0 aliphatic heterocycles. The monoisotopic (exact) mass is 601 g/mol. The molecule has 0 bridgehead atoms. The van der Waals surface area contributed by atoms with Gasteiger partial charge in [-0.1, -0.05) is 23.7 Å². The highest BCUT2D eigenvalue weighted by atomic mass is 35.5. The topological polar surface area (TPSA) is 241 Å². The minimum absolute atomic E-state index is 0.0206. The van der Waals surface area contributed by atoms with Crippen LogP contribution in [0.1, 0.15) is 28.9 Å². The largest absolute Gasteiger partial charge is 0.484 e. The minimum atomic E-state index is -3.67. The second kappa shape index (κ2) is 17.1. The van der Waals surface area contributed by atoms with Crippen LogP contribution in [0.3, 0.4) is 0 Å². The van der Waals surface area contributed by atoms with Crippen molar-refractivity contribution < 1.29 is 27.3 Å². The summed E-state index contributed by atoms with van der Waals surface area (Å²) in [5.41, 5.74) is 17.8. The van der Waals surface area contributed by atoms with E-state index in [2.05, 4.69) is 25.6 Å². The van der Waals surface area contributed by atoms with E-state index in [9.17, 15) is 18.0 Å². The Morgan fingerprint density at radius 2 is 1.75 bits per heavy atom. The Labute approximate surface area is 238 Å². The third-order valence-electron chi connectivity index (χ3n) is 4.69. The van der Waals surface area contributed by atoms with Crippen molar-refractivity contribution in [3.8, 4) is 5.75 Å². The van der Waals surface area contributed by atoms with Crippen LogP contribution >= 0.6 is 11.6 Å². The number of guanidine groups is 1. The second-order valence-corrected chi connectivity index (χ2v) is 10.5. The summed E-state index contributed by atoms with van der Waals surface area (Å²) in [5.74, 6) is -0.471. The van der Waals surface area contributed by atoms with Crippen molar-refractivity contribution in [2.24, 2.45) is 10.7 Å². The number of aryl methyl sites for hydroxylation is 1. The lowest BCUT2D eigenvalue weighted by Gasteiger charge is -2.11. The number of nitrogens with one attached hydrogen (secondary N) is 2. The zero-order chi connectivity index (χ0) is 30.3. The highest BCUT2D eigenvalue weighted by Crippen LogP contribution is 2.17. The Bertz CT molecular complexity index is 1250. The summed E-state index contributed by atoms with van der Waals surface area (Å²) in [7, 11) is 0.224. The van der Waals surface area contributed by atoms with Crippen LogP contribution in [0.15, 0.2) is 29.3 Å². The number of unbranched alkanes of at least 4 members (excludes halogenated alkanes) is 1. The van der Waals surface area contributed by atoms with E-state index >= 15 is 0 Å². The van der Waals surface area contributed by atoms with Crippen LogP contribution in [0.5, 0.6) is 5.75 Å². The van der Waals surface area contributed by atoms with E-state index < -0.39 is 16.0 Å². The summed E-state index contributed by atoms with van der Waals surface area (Å²) in [4.78, 5) is 37.7. The number of likely N-dealkylation sites (N-methyl/N-ethyl adjacent to an activating group) is 1. The summed E-state index contributed by atoms with van der Waals surface area (Å²) in [6.45, 7) is 1.76. The molecule has 0 saturated heterocycles. The molecule has 0 fully saturated rings. The van der Waals surface area contributed by atoms with Crippen molar-refractivity contribution in [2.45, 2.75) is 19.3 Å². The lowest BCUT2D eigenvalue weighted by atomic mass is 10.1. The molecule has 0 aliphatic carbocycles. The molecule has 15 nitrogen and oxygen atoms in total. The molecule has 1 heterocycles. The van der Waals surface area contributed by atoms with Gasteiger partial charge in [0.15, 0.2) is 35.0 Å². The number of carbonyl (C=O) groups excluding carboxylic acids is 2. The van der Waals surface area contributed by atoms with Gasteiger partial charge in [0.2, 0.25) is 0 Å². The first-order valence-corrected chi connectivity index (χ1v) is 14.1. The molecule has 0 aliphatic rings. The van der Waals surface area contributed by atoms with Crippen molar-refractivity contribution in [3.63, 3.8) is 0 Å². The number of hydrogen-bond donors (Lipinski definition) is 6. The molecule has 2 amide bonds. The zero-order valence-electron chi connectivity index (χ0n) is 22.6. The molecule has 0 spiro atoms. The first kappa shape index (κ1) is 34.3. The molecule has 2 rings (SSSR count). The fourth-order valence-corrected chi connectivity index (χ4v) is 2.96. The molecule has 222 valence electrons. The van der Waals surface area contributed by atoms with Crippen LogP contribution < -0.4 is 32.6 Å². The molecule has 40 heavy (non-hydrogen) atoms. The Morgan fingerprint density at radius 1 is 1.12 bits per heavy atom. The van der Waals surface area contributed by atoms with Crippen molar-refractivity contribution in [1.29, 1.82) is 0 Å². The molecule has 17 heteroatoms. The molecular weight excluding hydrogens is 566 g/mol. The van der Waals surface area contributed by atoms with Gasteiger partial charge in [-0.25, -0.2) is 9.97 Å². The average molecular weight is 602 g/mol. The van der Waals surface area contributed by atoms with E-state index in [1.54, 1.807) is 0 Å². The van der Waals surface area contributed by atoms with E-state index in [0.717, 1.165) is 31.4 Å². The predicted octanol–water partition coefficient (Wildman–Crippen LogP) is -0.0776. The zero-order valence-corrected chi connectivity index (χ0v) is 24.1. The number of amides is 2. The Hall–Kier alpha value is -3.73. The molecule has 0 saturated carbocycles. The first-order valence-electron chi connectivity index (χ1n) is 11.9. The predicted molar refractivity (Wildman–Crippen MR) is 154 cm³/mol. The van der Waals surface area contributed by atoms with E-state index in [-0.39, 0.29) is 41.0 Å². The lowest BCUT2D eigenvalue weighted by molar-refractivity contribution is -0.123. The summed E-state index contributed by atoms with van der Waals surface area (Å²) in [5, 5.41) is 5.07. The third kappa shape index (κ3) is 15.6. The van der Waals surface area contributed by atoms with Gasteiger partial charge >= 0.3 is 0 Å². The van der Waals surface area contributed by atoms with E-state index in [1.807, 2.05) is 43.3 Å². The molecule has 1 aromatic carbocycles. The molecule has 1 aromatic heterocycles. The number of halogens is 1. The SMILES string of the molecule is CN(C)CCNC(=O)COc1ccc(CCCCN=C(N)NC(=O)c2nc(Cl)c(N)nc2N)cc1.CS(=O)(=O)O. The average Bonchev–Trinajstić information content (AvgIpc) is 2.84. The van der Waals surface area contributed by atoms with Crippen molar-refractivity contribution in [2.75, 3.05) is 58.1 Å². The number of rotatable bonds is 12. The van der Waals surface area contributed by atoms with Gasteiger partial charge in [0.25, 0.3) is 21.9 Å². The molecule has 0 unspecified atom stereocenters. The summed E-state index contributed by atoms with van der Waals surface area (Å²) < 4.78 is 31.4. The summed E-state index contributed by atoms with van der Waals surface area (Å²) >= 11 is 5.78. The molecular formula is C23H36ClN9O6S. The lowest BCUT2D eigenvalue weighted by Crippen LogP contribution is -2.38. The number of aromatic nitrogens is 2. The van der Waals surface area contributed by atoms with Crippen LogP contribution in [0.2, 0.25) is 5.15 Å². The van der Waals surface area contributed by atoms with Crippen molar-refractivity contribution in [1.82, 2.24) is 25.5 Å². The number of anilines is 2. The first-order chi connectivity index (χ1) is 18.7. The highest BCUT2D eigenvalue weighted by Gasteiger charge is 2.16. The van der Waals surface area contributed by atoms with Crippen LogP contribution in [0.25, 0.3) is 0 Å². The highest BCUT2D eigenvalue weighted by molar-refractivity contribution is 7.85. The standard InChI is InChI=1S/C22H32ClN9O3.CH4O3S/c1-32(2)12-11-27-16(33)13-35-15-8-6-14(7-9-15)5-3-4-10-28-22(26)31-21(34)17-19(24)30-20(25)18(23)29-17;1-5(2,3)4/h6-9H,3-5,10-13H2,1-2H3,(H,27,33)(H4,24,25,30)(H3,26,28,31,34);1H3,(H,2,3,4). The van der Waals surface area contributed by atoms with Crippen molar-refractivity contribution >= 4 is 51.1 Å². The number of benzene rings is 1. The van der Waals surface area contributed by atoms with E-state index in [0.29, 0.717) is 25.1 Å². The number of nitrogens with zero attached hydrogens (tertiary/aromatic N) is 4. The van der Waals surface area contributed by atoms with Gasteiger partial charge in [-0.3, -0.25) is 24.5 Å². The number of hydrogen-bond acceptors (Lipinski definition) is 11. The van der Waals surface area contributed by atoms with Crippen molar-refractivity contribution in [3.05, 3.63) is 40.7 Å². The Morgan fingerprint density at radius 3 is 2.35 bits per heavy atom. The molecule has 0 radical (unpaired) electrons. The minimum Gasteiger partial charge on any atom is -0.484 e. The van der Waals surface area contributed by atoms with Crippen LogP contribution in [-0.2, 0) is 21.3 Å². The Kier molecular flexibility index (Phi) is 14.6. The maximum atomic E-state index is 12.2. The van der Waals surface area contributed by atoms with Crippen LogP contribution in [0, 0.1) is 0 Å². The quantitative estimate of drug-likeness (QED) is 0.0810. The van der Waals surface area contributed by atoms with Gasteiger partial charge in [0.05, 0.1) is 6.26 Å². The van der Waals surface area contributed by atoms with E-state index in [1.165, 1.54) is 0 Å². The fraction of sp³-hybridized carbons (Fsp3) is 0.435. The van der Waals surface area contributed by atoms with Gasteiger partial charge in [-0.2, -0.15) is 8.42 Å². The second-order valence-electron chi connectivity index (χ2n) is 8.63. The molecule has 2 aromatic rings. The molecule has 0 atom stereocenters. The van der Waals surface area contributed by atoms with Gasteiger partial charge < -0.3 is 32.2 Å². The maximum absolute atomic E-state index is 12.2. The van der Waals surface area contributed by atoms with Gasteiger partial charge in [-0.05, 0) is 51.1 Å². The van der Waals surface area contributed by atoms with Gasteiger partial charge in [0, 0.05) is 19.6 Å². The number of aliphatic imine (C=N–C) groups is 1. The fourth-order valence-electron chi connectivity index (χ4n) is 2.84. The van der Waals surface area contributed by atoms with Crippen LogP contribution in [-0.4, -0.2) is 92.2 Å². The smallest absolute Gasteiger partial charge is 0.280 e. The Balaban J connectivity index is 0.00000146. The van der Waals surface area contributed by atoms with Gasteiger partial charge in [-0.15, -0.1) is 0 Å². The summed E-state index contributed by atoms with van der Waals surface area (Å²) in [6, 6.07) is 7.60. The number of nitrogen functional groups attached to an aromatic ring is 2. The number of carbonyl (C=O) groups is 2. The normalized spacial score (nSPS) is 11.4. The van der Waals surface area contributed by atoms with E-state index in [4.69, 9.17) is 38.1 Å². The number of ether oxygens (including phenoxy) is 1. The molecule has 9 N–H and O–H groups in total. The maximum Gasteiger partial charge on any atom is 0.280 e. The van der Waals surface area contributed by atoms with Crippen LogP contribution in [0.4, 0.5) is 11.6 Å². The van der Waals surface area contributed by atoms with Gasteiger partial charge in [0.1, 0.15) is 5.75 Å². The third-order valence-corrected chi connectivity index (χ3v) is 4.97. The summed E-state index contributed by atoms with van der Waals surface area (Å²) in [6.07, 6.45) is 3.18.